The molecule has 1 atom stereocenters. The smallest absolute Gasteiger partial charge is 0.306 e. The largest absolute Gasteiger partial charge is 0.460 e. The Bertz CT molecular complexity index is 478. The fourth-order valence-electron chi connectivity index (χ4n) is 2.91. The normalized spacial score (nSPS) is 17.4. The van der Waals surface area contributed by atoms with Crippen LogP contribution in [0.4, 0.5) is 0 Å². The van der Waals surface area contributed by atoms with Crippen molar-refractivity contribution in [3.63, 3.8) is 0 Å². The quantitative estimate of drug-likeness (QED) is 0.592. The van der Waals surface area contributed by atoms with Crippen LogP contribution < -0.4 is 10.6 Å². The van der Waals surface area contributed by atoms with Crippen LogP contribution >= 0.6 is 0 Å². The summed E-state index contributed by atoms with van der Waals surface area (Å²) < 4.78 is 5.40. The van der Waals surface area contributed by atoms with Gasteiger partial charge in [0.1, 0.15) is 11.4 Å². The maximum absolute atomic E-state index is 11.9. The van der Waals surface area contributed by atoms with E-state index in [2.05, 4.69) is 41.7 Å². The minimum absolute atomic E-state index is 0.105. The zero-order chi connectivity index (χ0) is 18.9. The summed E-state index contributed by atoms with van der Waals surface area (Å²) in [5.41, 5.74) is 1.02. The van der Waals surface area contributed by atoms with Gasteiger partial charge in [-0.2, -0.15) is 0 Å². The van der Waals surface area contributed by atoms with Crippen molar-refractivity contribution < 1.29 is 9.53 Å². The van der Waals surface area contributed by atoms with Crippen LogP contribution in [0.25, 0.3) is 0 Å². The average Bonchev–Trinajstić information content (AvgIpc) is 2.52. The molecule has 5 nitrogen and oxygen atoms in total. The number of allylic oxidation sites excluding steroid dienone is 2. The third kappa shape index (κ3) is 8.43. The standard InChI is InChI=1S/C20H37N3O2/c1-7-9-16-12-13-18(23(6)15-14-21-5)22-17(16)10-8-11-19(24)25-20(2,3)4/h12-13,17,21-22H,7-11,14-15H2,1-6H3. The lowest BCUT2D eigenvalue weighted by atomic mass is 9.95. The molecule has 1 rings (SSSR count). The van der Waals surface area contributed by atoms with Crippen LogP contribution in [0.2, 0.25) is 0 Å². The van der Waals surface area contributed by atoms with Crippen molar-refractivity contribution in [2.45, 2.75) is 71.4 Å². The summed E-state index contributed by atoms with van der Waals surface area (Å²) in [7, 11) is 4.07. The first kappa shape index (κ1) is 21.6. The molecule has 1 heterocycles. The van der Waals surface area contributed by atoms with E-state index in [1.54, 1.807) is 0 Å². The number of esters is 1. The number of nitrogens with one attached hydrogen (secondary N) is 2. The third-order valence-corrected chi connectivity index (χ3v) is 4.17. The number of likely N-dealkylation sites (N-methyl/N-ethyl adjacent to an activating group) is 2. The molecule has 144 valence electrons. The third-order valence-electron chi connectivity index (χ3n) is 4.17. The van der Waals surface area contributed by atoms with Crippen LogP contribution in [0.15, 0.2) is 23.5 Å². The Labute approximate surface area is 153 Å². The van der Waals surface area contributed by atoms with Gasteiger partial charge in [-0.3, -0.25) is 4.79 Å². The highest BCUT2D eigenvalue weighted by Gasteiger charge is 2.21. The molecule has 0 radical (unpaired) electrons. The molecule has 1 aliphatic heterocycles. The van der Waals surface area contributed by atoms with Gasteiger partial charge in [0.25, 0.3) is 0 Å². The molecule has 0 aliphatic carbocycles. The maximum Gasteiger partial charge on any atom is 0.306 e. The second kappa shape index (κ2) is 10.5. The van der Waals surface area contributed by atoms with E-state index in [9.17, 15) is 4.79 Å². The SMILES string of the molecule is CCCC1=CC=C(N(C)CCNC)NC1CCCC(=O)OC(C)(C)C. The van der Waals surface area contributed by atoms with Crippen molar-refractivity contribution in [1.82, 2.24) is 15.5 Å². The minimum Gasteiger partial charge on any atom is -0.460 e. The molecule has 1 aliphatic rings. The van der Waals surface area contributed by atoms with Gasteiger partial charge >= 0.3 is 5.97 Å². The molecule has 0 aromatic heterocycles. The Morgan fingerprint density at radius 1 is 1.36 bits per heavy atom. The number of ether oxygens (including phenoxy) is 1. The summed E-state index contributed by atoms with van der Waals surface area (Å²) in [6.07, 6.45) is 8.91. The van der Waals surface area contributed by atoms with E-state index in [0.717, 1.165) is 44.6 Å². The van der Waals surface area contributed by atoms with Gasteiger partial charge in [0.2, 0.25) is 0 Å². The number of carbonyl (C=O) groups excluding carboxylic acids is 1. The highest BCUT2D eigenvalue weighted by atomic mass is 16.6. The van der Waals surface area contributed by atoms with E-state index in [1.165, 1.54) is 5.57 Å². The maximum atomic E-state index is 11.9. The average molecular weight is 352 g/mol. The molecule has 0 fully saturated rings. The van der Waals surface area contributed by atoms with Crippen LogP contribution in [-0.4, -0.2) is 49.7 Å². The van der Waals surface area contributed by atoms with Gasteiger partial charge in [0.15, 0.2) is 0 Å². The van der Waals surface area contributed by atoms with Crippen LogP contribution in [-0.2, 0) is 9.53 Å². The molecular weight excluding hydrogens is 314 g/mol. The molecule has 0 aromatic carbocycles. The number of carbonyl (C=O) groups is 1. The second-order valence-corrected chi connectivity index (χ2v) is 7.74. The molecule has 0 spiro atoms. The fraction of sp³-hybridized carbons (Fsp3) is 0.750. The van der Waals surface area contributed by atoms with Gasteiger partial charge in [-0.15, -0.1) is 0 Å². The predicted octanol–water partition coefficient (Wildman–Crippen LogP) is 3.19. The lowest BCUT2D eigenvalue weighted by molar-refractivity contribution is -0.154. The molecule has 0 bridgehead atoms. The van der Waals surface area contributed by atoms with Gasteiger partial charge in [0, 0.05) is 32.6 Å². The van der Waals surface area contributed by atoms with E-state index >= 15 is 0 Å². The number of hydrogen-bond donors (Lipinski definition) is 2. The van der Waals surface area contributed by atoms with Gasteiger partial charge in [-0.25, -0.2) is 0 Å². The van der Waals surface area contributed by atoms with Crippen molar-refractivity contribution in [3.05, 3.63) is 23.5 Å². The van der Waals surface area contributed by atoms with Gasteiger partial charge in [0.05, 0.1) is 0 Å². The van der Waals surface area contributed by atoms with Crippen LogP contribution in [0, 0.1) is 0 Å². The van der Waals surface area contributed by atoms with Crippen LogP contribution in [0.3, 0.4) is 0 Å². The summed E-state index contributed by atoms with van der Waals surface area (Å²) in [6.45, 7) is 9.84. The summed E-state index contributed by atoms with van der Waals surface area (Å²) in [4.78, 5) is 14.1. The summed E-state index contributed by atoms with van der Waals surface area (Å²) in [5.74, 6) is 1.05. The topological polar surface area (TPSA) is 53.6 Å². The van der Waals surface area contributed by atoms with Crippen molar-refractivity contribution in [3.8, 4) is 0 Å². The zero-order valence-electron chi connectivity index (χ0n) is 16.9. The van der Waals surface area contributed by atoms with Crippen molar-refractivity contribution in [2.24, 2.45) is 0 Å². The number of dihydropyridines is 1. The molecule has 2 N–H and O–H groups in total. The zero-order valence-corrected chi connectivity index (χ0v) is 16.9. The van der Waals surface area contributed by atoms with E-state index in [-0.39, 0.29) is 5.97 Å². The first-order valence-electron chi connectivity index (χ1n) is 9.51. The van der Waals surface area contributed by atoms with Crippen molar-refractivity contribution in [2.75, 3.05) is 27.2 Å². The highest BCUT2D eigenvalue weighted by molar-refractivity contribution is 5.69. The van der Waals surface area contributed by atoms with Gasteiger partial charge in [-0.1, -0.05) is 19.4 Å². The molecule has 0 saturated carbocycles. The molecule has 1 unspecified atom stereocenters. The van der Waals surface area contributed by atoms with E-state index in [1.807, 2.05) is 27.8 Å². The van der Waals surface area contributed by atoms with E-state index < -0.39 is 5.60 Å². The van der Waals surface area contributed by atoms with E-state index in [4.69, 9.17) is 4.74 Å². The monoisotopic (exact) mass is 351 g/mol. The van der Waals surface area contributed by atoms with Crippen molar-refractivity contribution >= 4 is 5.97 Å². The molecule has 25 heavy (non-hydrogen) atoms. The molecule has 0 saturated heterocycles. The predicted molar refractivity (Wildman–Crippen MR) is 104 cm³/mol. The second-order valence-electron chi connectivity index (χ2n) is 7.74. The molecule has 0 aromatic rings. The highest BCUT2D eigenvalue weighted by Crippen LogP contribution is 2.22. The first-order chi connectivity index (χ1) is 11.8. The molecule has 5 heteroatoms. The summed E-state index contributed by atoms with van der Waals surface area (Å²) in [5, 5.41) is 6.84. The van der Waals surface area contributed by atoms with E-state index in [0.29, 0.717) is 12.5 Å². The fourth-order valence-corrected chi connectivity index (χ4v) is 2.91. The minimum atomic E-state index is -0.403. The number of hydrogen-bond acceptors (Lipinski definition) is 5. The molecule has 0 amide bonds. The Balaban J connectivity index is 2.57. The van der Waals surface area contributed by atoms with Crippen molar-refractivity contribution in [1.29, 1.82) is 0 Å². The summed E-state index contributed by atoms with van der Waals surface area (Å²) >= 11 is 0. The Hall–Kier alpha value is -1.49. The lowest BCUT2D eigenvalue weighted by Crippen LogP contribution is -2.41. The van der Waals surface area contributed by atoms with Gasteiger partial charge < -0.3 is 20.3 Å². The van der Waals surface area contributed by atoms with Crippen LogP contribution in [0.5, 0.6) is 0 Å². The van der Waals surface area contributed by atoms with Crippen LogP contribution in [0.1, 0.15) is 59.8 Å². The Kier molecular flexibility index (Phi) is 9.04. The first-order valence-corrected chi connectivity index (χ1v) is 9.51. The number of rotatable bonds is 10. The van der Waals surface area contributed by atoms with Gasteiger partial charge in [-0.05, 0) is 58.7 Å². The Morgan fingerprint density at radius 3 is 2.68 bits per heavy atom. The molecular formula is C20H37N3O2. The lowest BCUT2D eigenvalue weighted by Gasteiger charge is -2.32. The number of nitrogens with zero attached hydrogens (tertiary/aromatic N) is 1. The summed E-state index contributed by atoms with van der Waals surface area (Å²) in [6, 6.07) is 0.305. The Morgan fingerprint density at radius 2 is 2.08 bits per heavy atom.